The number of aromatic nitrogens is 1. The fourth-order valence-corrected chi connectivity index (χ4v) is 7.05. The second-order valence-corrected chi connectivity index (χ2v) is 19.9. The summed E-state index contributed by atoms with van der Waals surface area (Å²) >= 11 is 0. The summed E-state index contributed by atoms with van der Waals surface area (Å²) in [5, 5.41) is 9.17. The molecular formula is C38H50N4O4Si. The minimum Gasteiger partial charge on any atom is -0.444 e. The molecule has 3 aromatic rings. The van der Waals surface area contributed by atoms with Gasteiger partial charge in [-0.2, -0.15) is 5.26 Å². The van der Waals surface area contributed by atoms with Crippen molar-refractivity contribution >= 4 is 20.3 Å². The Bertz CT molecular complexity index is 1570. The Kier molecular flexibility index (Phi) is 11.0. The normalized spacial score (nSPS) is 17.6. The lowest BCUT2D eigenvalue weighted by Gasteiger charge is -2.43. The van der Waals surface area contributed by atoms with Gasteiger partial charge in [0.15, 0.2) is 8.32 Å². The summed E-state index contributed by atoms with van der Waals surface area (Å²) in [6.45, 7) is 17.3. The SMILES string of the molecule is CN(Cc1cncc(C#N)c1)C(=O)c1ccc(CC2CCC(C(O[Si](C)(C)C(C)(C)C)c3ccccc3)N2C(=O)OC(C)(C)C)cc1. The third-order valence-electron chi connectivity index (χ3n) is 9.22. The topological polar surface area (TPSA) is 95.8 Å². The molecule has 0 radical (unpaired) electrons. The van der Waals surface area contributed by atoms with Crippen LogP contribution in [0, 0.1) is 11.3 Å². The van der Waals surface area contributed by atoms with E-state index in [1.54, 1.807) is 24.2 Å². The van der Waals surface area contributed by atoms with Crippen LogP contribution < -0.4 is 0 Å². The zero-order valence-electron chi connectivity index (χ0n) is 29.4. The summed E-state index contributed by atoms with van der Waals surface area (Å²) < 4.78 is 13.1. The van der Waals surface area contributed by atoms with Gasteiger partial charge in [0.25, 0.3) is 5.91 Å². The van der Waals surface area contributed by atoms with Crippen LogP contribution in [0.15, 0.2) is 73.1 Å². The van der Waals surface area contributed by atoms with E-state index in [2.05, 4.69) is 57.1 Å². The molecule has 3 atom stereocenters. The monoisotopic (exact) mass is 654 g/mol. The van der Waals surface area contributed by atoms with Crippen LogP contribution in [0.1, 0.15) is 93.1 Å². The first-order chi connectivity index (χ1) is 22.0. The van der Waals surface area contributed by atoms with E-state index < -0.39 is 13.9 Å². The number of carbonyl (C=O) groups is 2. The Balaban J connectivity index is 1.57. The van der Waals surface area contributed by atoms with Crippen LogP contribution in [0.3, 0.4) is 0 Å². The summed E-state index contributed by atoms with van der Waals surface area (Å²) in [5.74, 6) is -0.122. The summed E-state index contributed by atoms with van der Waals surface area (Å²) in [6, 6.07) is 21.4. The molecule has 0 saturated carbocycles. The number of hydrogen-bond donors (Lipinski definition) is 0. The minimum atomic E-state index is -2.21. The highest BCUT2D eigenvalue weighted by Gasteiger charge is 2.47. The summed E-state index contributed by atoms with van der Waals surface area (Å²) in [6.07, 6.45) is 4.80. The van der Waals surface area contributed by atoms with Crippen LogP contribution in [-0.4, -0.2) is 59.8 Å². The highest BCUT2D eigenvalue weighted by molar-refractivity contribution is 6.74. The zero-order valence-corrected chi connectivity index (χ0v) is 30.4. The van der Waals surface area contributed by atoms with E-state index >= 15 is 0 Å². The first-order valence-electron chi connectivity index (χ1n) is 16.4. The number of nitrogens with zero attached hydrogens (tertiary/aromatic N) is 4. The molecular weight excluding hydrogens is 605 g/mol. The number of hydrogen-bond acceptors (Lipinski definition) is 6. The summed E-state index contributed by atoms with van der Waals surface area (Å²) in [4.78, 5) is 34.8. The number of ether oxygens (including phenoxy) is 1. The molecule has 1 aliphatic heterocycles. The van der Waals surface area contributed by atoms with E-state index in [1.807, 2.05) is 68.1 Å². The molecule has 3 unspecified atom stereocenters. The molecule has 8 nitrogen and oxygen atoms in total. The van der Waals surface area contributed by atoms with Gasteiger partial charge in [-0.3, -0.25) is 14.7 Å². The van der Waals surface area contributed by atoms with Crippen LogP contribution >= 0.6 is 0 Å². The Morgan fingerprint density at radius 3 is 2.26 bits per heavy atom. The first kappa shape index (κ1) is 35.8. The Hall–Kier alpha value is -4.00. The van der Waals surface area contributed by atoms with Crippen LogP contribution in [-0.2, 0) is 22.1 Å². The lowest BCUT2D eigenvalue weighted by molar-refractivity contribution is -0.00239. The number of carbonyl (C=O) groups excluding carboxylic acids is 2. The molecule has 1 saturated heterocycles. The minimum absolute atomic E-state index is 0.000402. The number of nitriles is 1. The van der Waals surface area contributed by atoms with Crippen molar-refractivity contribution in [2.75, 3.05) is 7.05 Å². The van der Waals surface area contributed by atoms with Crippen molar-refractivity contribution in [3.63, 3.8) is 0 Å². The van der Waals surface area contributed by atoms with Gasteiger partial charge in [0.1, 0.15) is 11.7 Å². The van der Waals surface area contributed by atoms with Crippen molar-refractivity contribution in [2.45, 2.75) is 109 Å². The van der Waals surface area contributed by atoms with E-state index in [0.29, 0.717) is 24.1 Å². The van der Waals surface area contributed by atoms with Crippen LogP contribution in [0.2, 0.25) is 18.1 Å². The lowest BCUT2D eigenvalue weighted by Crippen LogP contribution is -2.50. The maximum atomic E-state index is 14.0. The van der Waals surface area contributed by atoms with Gasteiger partial charge in [-0.1, -0.05) is 63.2 Å². The zero-order chi connectivity index (χ0) is 34.6. The summed E-state index contributed by atoms with van der Waals surface area (Å²) in [5.41, 5.74) is 3.29. The van der Waals surface area contributed by atoms with Gasteiger partial charge < -0.3 is 14.1 Å². The number of likely N-dealkylation sites (tertiary alicyclic amines) is 1. The predicted molar refractivity (Wildman–Crippen MR) is 187 cm³/mol. The largest absolute Gasteiger partial charge is 0.444 e. The quantitative estimate of drug-likeness (QED) is 0.216. The number of pyridine rings is 1. The van der Waals surface area contributed by atoms with E-state index in [4.69, 9.17) is 9.16 Å². The standard InChI is InChI=1S/C38H50N4O4Si/c1-37(2,3)45-36(44)42-32(19-20-33(42)34(30-13-11-10-12-14-30)46-47(8,9)38(4,5)6)22-27-15-17-31(18-16-27)35(43)41(7)26-29-21-28(23-39)24-40-25-29/h10-18,21,24-25,32-34H,19-20,22,26H2,1-9H3. The number of benzene rings is 2. The highest BCUT2D eigenvalue weighted by atomic mass is 28.4. The van der Waals surface area contributed by atoms with Crippen LogP contribution in [0.25, 0.3) is 0 Å². The highest BCUT2D eigenvalue weighted by Crippen LogP contribution is 2.44. The maximum Gasteiger partial charge on any atom is 0.410 e. The van der Waals surface area contributed by atoms with E-state index in [9.17, 15) is 14.9 Å². The molecule has 0 spiro atoms. The fourth-order valence-electron chi connectivity index (χ4n) is 5.77. The lowest BCUT2D eigenvalue weighted by atomic mass is 10.0. The molecule has 0 bridgehead atoms. The van der Waals surface area contributed by atoms with Crippen molar-refractivity contribution in [2.24, 2.45) is 0 Å². The fraction of sp³-hybridized carbons (Fsp3) is 0.474. The van der Waals surface area contributed by atoms with Gasteiger partial charge in [-0.05, 0) is 93.1 Å². The van der Waals surface area contributed by atoms with Crippen molar-refractivity contribution in [3.05, 3.63) is 101 Å². The van der Waals surface area contributed by atoms with Gasteiger partial charge in [0, 0.05) is 37.6 Å². The molecule has 1 aromatic heterocycles. The van der Waals surface area contributed by atoms with Gasteiger partial charge in [0.2, 0.25) is 0 Å². The number of rotatable bonds is 9. The van der Waals surface area contributed by atoms with Crippen molar-refractivity contribution in [1.82, 2.24) is 14.8 Å². The van der Waals surface area contributed by atoms with Gasteiger partial charge in [0.05, 0.1) is 17.7 Å². The molecule has 4 rings (SSSR count). The average molecular weight is 655 g/mol. The molecule has 250 valence electrons. The van der Waals surface area contributed by atoms with Crippen molar-refractivity contribution in [1.29, 1.82) is 5.26 Å². The third-order valence-corrected chi connectivity index (χ3v) is 13.7. The van der Waals surface area contributed by atoms with Gasteiger partial charge >= 0.3 is 6.09 Å². The Labute approximate surface area is 281 Å². The maximum absolute atomic E-state index is 14.0. The molecule has 0 aliphatic carbocycles. The molecule has 2 aromatic carbocycles. The van der Waals surface area contributed by atoms with Crippen LogP contribution in [0.4, 0.5) is 4.79 Å². The molecule has 1 fully saturated rings. The van der Waals surface area contributed by atoms with Gasteiger partial charge in [-0.15, -0.1) is 0 Å². The van der Waals surface area contributed by atoms with E-state index in [-0.39, 0.29) is 35.2 Å². The smallest absolute Gasteiger partial charge is 0.410 e. The Morgan fingerprint density at radius 2 is 1.66 bits per heavy atom. The van der Waals surface area contributed by atoms with Crippen LogP contribution in [0.5, 0.6) is 0 Å². The summed E-state index contributed by atoms with van der Waals surface area (Å²) in [7, 11) is -0.477. The Morgan fingerprint density at radius 1 is 1.00 bits per heavy atom. The van der Waals surface area contributed by atoms with E-state index in [1.165, 1.54) is 6.20 Å². The second kappa shape index (κ2) is 14.4. The van der Waals surface area contributed by atoms with Crippen molar-refractivity contribution < 1.29 is 18.8 Å². The molecule has 9 heteroatoms. The van der Waals surface area contributed by atoms with E-state index in [0.717, 1.165) is 29.5 Å². The third kappa shape index (κ3) is 9.08. The molecule has 2 heterocycles. The molecule has 2 amide bonds. The predicted octanol–water partition coefficient (Wildman–Crippen LogP) is 8.30. The van der Waals surface area contributed by atoms with Gasteiger partial charge in [-0.25, -0.2) is 4.79 Å². The number of amides is 2. The van der Waals surface area contributed by atoms with Crippen molar-refractivity contribution in [3.8, 4) is 6.07 Å². The second-order valence-electron chi connectivity index (χ2n) is 15.2. The molecule has 1 aliphatic rings. The molecule has 0 N–H and O–H groups in total. The first-order valence-corrected chi connectivity index (χ1v) is 19.3. The average Bonchev–Trinajstić information content (AvgIpc) is 3.42. The molecule has 47 heavy (non-hydrogen) atoms.